The van der Waals surface area contributed by atoms with Crippen LogP contribution in [0, 0.1) is 23.7 Å². The average Bonchev–Trinajstić information content (AvgIpc) is 2.73. The first-order valence-electron chi connectivity index (χ1n) is 6.55. The van der Waals surface area contributed by atoms with Gasteiger partial charge in [-0.2, -0.15) is 0 Å². The van der Waals surface area contributed by atoms with E-state index in [9.17, 15) is 10.2 Å². The van der Waals surface area contributed by atoms with E-state index in [0.29, 0.717) is 17.8 Å². The van der Waals surface area contributed by atoms with Gasteiger partial charge in [-0.25, -0.2) is 0 Å². The fourth-order valence-electron chi connectivity index (χ4n) is 4.01. The summed E-state index contributed by atoms with van der Waals surface area (Å²) in [7, 11) is 0. The SMILES string of the molecule is CCC(CC)C1CC2CCC(O)C2C1O. The second-order valence-corrected chi connectivity index (χ2v) is 5.45. The van der Waals surface area contributed by atoms with Crippen molar-refractivity contribution in [3.05, 3.63) is 0 Å². The van der Waals surface area contributed by atoms with Gasteiger partial charge in [0.1, 0.15) is 0 Å². The monoisotopic (exact) mass is 212 g/mol. The molecule has 2 N–H and O–H groups in total. The van der Waals surface area contributed by atoms with Crippen LogP contribution in [-0.2, 0) is 0 Å². The maximum absolute atomic E-state index is 10.3. The summed E-state index contributed by atoms with van der Waals surface area (Å²) in [6, 6.07) is 0. The van der Waals surface area contributed by atoms with Crippen molar-refractivity contribution in [1.82, 2.24) is 0 Å². The smallest absolute Gasteiger partial charge is 0.0626 e. The molecular formula is C13H24O2. The van der Waals surface area contributed by atoms with Crippen LogP contribution in [0.1, 0.15) is 46.0 Å². The highest BCUT2D eigenvalue weighted by Crippen LogP contribution is 2.50. The largest absolute Gasteiger partial charge is 0.393 e. The molecule has 5 atom stereocenters. The lowest BCUT2D eigenvalue weighted by Crippen LogP contribution is -2.32. The first-order valence-corrected chi connectivity index (χ1v) is 6.55. The minimum atomic E-state index is -0.239. The normalized spacial score (nSPS) is 45.0. The van der Waals surface area contributed by atoms with E-state index in [1.165, 1.54) is 0 Å². The van der Waals surface area contributed by atoms with E-state index >= 15 is 0 Å². The molecule has 2 nitrogen and oxygen atoms in total. The number of hydrogen-bond donors (Lipinski definition) is 2. The van der Waals surface area contributed by atoms with Gasteiger partial charge in [0.05, 0.1) is 12.2 Å². The van der Waals surface area contributed by atoms with Gasteiger partial charge in [0, 0.05) is 5.92 Å². The van der Waals surface area contributed by atoms with Crippen molar-refractivity contribution in [2.45, 2.75) is 58.2 Å². The van der Waals surface area contributed by atoms with Crippen molar-refractivity contribution in [1.29, 1.82) is 0 Å². The Balaban J connectivity index is 2.06. The minimum Gasteiger partial charge on any atom is -0.393 e. The number of aliphatic hydroxyl groups excluding tert-OH is 2. The number of fused-ring (bicyclic) bond motifs is 1. The van der Waals surface area contributed by atoms with Gasteiger partial charge in [-0.15, -0.1) is 0 Å². The fraction of sp³-hybridized carbons (Fsp3) is 1.00. The summed E-state index contributed by atoms with van der Waals surface area (Å²) in [5.41, 5.74) is 0. The summed E-state index contributed by atoms with van der Waals surface area (Å²) in [6.45, 7) is 4.43. The Hall–Kier alpha value is -0.0800. The van der Waals surface area contributed by atoms with Gasteiger partial charge in [-0.1, -0.05) is 26.7 Å². The third-order valence-electron chi connectivity index (χ3n) is 4.88. The van der Waals surface area contributed by atoms with Crippen LogP contribution in [0.5, 0.6) is 0 Å². The van der Waals surface area contributed by atoms with Crippen LogP contribution in [0.4, 0.5) is 0 Å². The number of rotatable bonds is 3. The maximum atomic E-state index is 10.3. The molecule has 2 aliphatic rings. The highest BCUT2D eigenvalue weighted by Gasteiger charge is 2.50. The molecule has 0 aromatic rings. The average molecular weight is 212 g/mol. The second kappa shape index (κ2) is 4.42. The van der Waals surface area contributed by atoms with E-state index in [2.05, 4.69) is 13.8 Å². The van der Waals surface area contributed by atoms with Gasteiger partial charge < -0.3 is 10.2 Å². The van der Waals surface area contributed by atoms with Crippen LogP contribution in [0.15, 0.2) is 0 Å². The summed E-state index contributed by atoms with van der Waals surface area (Å²) < 4.78 is 0. The molecule has 0 amide bonds. The van der Waals surface area contributed by atoms with Crippen LogP contribution in [0.25, 0.3) is 0 Å². The quantitative estimate of drug-likeness (QED) is 0.753. The highest BCUT2D eigenvalue weighted by molar-refractivity contribution is 5.00. The third-order valence-corrected chi connectivity index (χ3v) is 4.88. The van der Waals surface area contributed by atoms with E-state index in [1.54, 1.807) is 0 Å². The lowest BCUT2D eigenvalue weighted by atomic mass is 9.83. The maximum Gasteiger partial charge on any atom is 0.0626 e. The number of hydrogen-bond acceptors (Lipinski definition) is 2. The molecule has 0 saturated heterocycles. The standard InChI is InChI=1S/C13H24O2/c1-3-8(4-2)10-7-9-5-6-11(14)12(9)13(10)15/h8-15H,3-7H2,1-2H3. The second-order valence-electron chi connectivity index (χ2n) is 5.45. The van der Waals surface area contributed by atoms with E-state index in [-0.39, 0.29) is 18.1 Å². The Labute approximate surface area is 92.7 Å². The molecule has 0 aliphatic heterocycles. The van der Waals surface area contributed by atoms with E-state index in [1.807, 2.05) is 0 Å². The van der Waals surface area contributed by atoms with Crippen molar-refractivity contribution in [2.24, 2.45) is 23.7 Å². The van der Waals surface area contributed by atoms with Gasteiger partial charge in [0.25, 0.3) is 0 Å². The van der Waals surface area contributed by atoms with E-state index in [4.69, 9.17) is 0 Å². The predicted octanol–water partition coefficient (Wildman–Crippen LogP) is 2.19. The summed E-state index contributed by atoms with van der Waals surface area (Å²) in [4.78, 5) is 0. The third kappa shape index (κ3) is 1.83. The first kappa shape index (κ1) is 11.4. The van der Waals surface area contributed by atoms with Gasteiger partial charge in [-0.3, -0.25) is 0 Å². The molecule has 0 heterocycles. The van der Waals surface area contributed by atoms with Crippen molar-refractivity contribution in [2.75, 3.05) is 0 Å². The first-order chi connectivity index (χ1) is 7.19. The molecule has 0 spiro atoms. The van der Waals surface area contributed by atoms with Crippen molar-refractivity contribution in [3.63, 3.8) is 0 Å². The molecule has 0 aromatic heterocycles. The lowest BCUT2D eigenvalue weighted by Gasteiger charge is -2.27. The summed E-state index contributed by atoms with van der Waals surface area (Å²) in [6.07, 6.45) is 5.03. The van der Waals surface area contributed by atoms with Gasteiger partial charge >= 0.3 is 0 Å². The summed E-state index contributed by atoms with van der Waals surface area (Å²) >= 11 is 0. The highest BCUT2D eigenvalue weighted by atomic mass is 16.3. The van der Waals surface area contributed by atoms with Crippen LogP contribution in [0.3, 0.4) is 0 Å². The minimum absolute atomic E-state index is 0.190. The predicted molar refractivity (Wildman–Crippen MR) is 60.4 cm³/mol. The molecule has 5 unspecified atom stereocenters. The molecule has 2 fully saturated rings. The van der Waals surface area contributed by atoms with Crippen molar-refractivity contribution < 1.29 is 10.2 Å². The molecule has 88 valence electrons. The van der Waals surface area contributed by atoms with E-state index in [0.717, 1.165) is 32.1 Å². The van der Waals surface area contributed by atoms with Gasteiger partial charge in [-0.05, 0) is 37.0 Å². The topological polar surface area (TPSA) is 40.5 Å². The van der Waals surface area contributed by atoms with Crippen molar-refractivity contribution in [3.8, 4) is 0 Å². The zero-order valence-electron chi connectivity index (χ0n) is 9.89. The molecular weight excluding hydrogens is 188 g/mol. The molecule has 2 aliphatic carbocycles. The molecule has 0 radical (unpaired) electrons. The Morgan fingerprint density at radius 3 is 2.33 bits per heavy atom. The molecule has 2 saturated carbocycles. The van der Waals surface area contributed by atoms with Crippen LogP contribution < -0.4 is 0 Å². The summed E-state index contributed by atoms with van der Waals surface area (Å²) in [5.74, 6) is 1.89. The Kier molecular flexibility index (Phi) is 3.36. The Morgan fingerprint density at radius 1 is 1.13 bits per heavy atom. The number of aliphatic hydroxyl groups is 2. The molecule has 2 heteroatoms. The zero-order valence-corrected chi connectivity index (χ0v) is 9.89. The van der Waals surface area contributed by atoms with Crippen LogP contribution in [-0.4, -0.2) is 22.4 Å². The zero-order chi connectivity index (χ0) is 11.0. The van der Waals surface area contributed by atoms with Gasteiger partial charge in [0.2, 0.25) is 0 Å². The van der Waals surface area contributed by atoms with E-state index < -0.39 is 0 Å². The van der Waals surface area contributed by atoms with Crippen LogP contribution >= 0.6 is 0 Å². The molecule has 0 bridgehead atoms. The van der Waals surface area contributed by atoms with Crippen molar-refractivity contribution >= 4 is 0 Å². The van der Waals surface area contributed by atoms with Gasteiger partial charge in [0.15, 0.2) is 0 Å². The molecule has 0 aromatic carbocycles. The Morgan fingerprint density at radius 2 is 1.80 bits per heavy atom. The van der Waals surface area contributed by atoms with Crippen LogP contribution in [0.2, 0.25) is 0 Å². The Bertz CT molecular complexity index is 213. The molecule has 15 heavy (non-hydrogen) atoms. The lowest BCUT2D eigenvalue weighted by molar-refractivity contribution is 0.00681. The summed E-state index contributed by atoms with van der Waals surface area (Å²) in [5, 5.41) is 20.2. The molecule has 2 rings (SSSR count). The fourth-order valence-corrected chi connectivity index (χ4v) is 4.01.